The lowest BCUT2D eigenvalue weighted by atomic mass is 10.1. The number of amides is 1. The fourth-order valence-corrected chi connectivity index (χ4v) is 4.52. The molecule has 1 saturated heterocycles. The van der Waals surface area contributed by atoms with E-state index in [9.17, 15) is 13.2 Å². The van der Waals surface area contributed by atoms with Gasteiger partial charge in [-0.15, -0.1) is 0 Å². The number of nitrogens with one attached hydrogen (secondary N) is 1. The molecule has 1 aliphatic carbocycles. The van der Waals surface area contributed by atoms with Gasteiger partial charge in [0.15, 0.2) is 0 Å². The number of rotatable bonds is 3. The molecule has 1 aliphatic heterocycles. The van der Waals surface area contributed by atoms with Crippen molar-refractivity contribution in [3.63, 3.8) is 0 Å². The number of hydrogen-bond donors (Lipinski definition) is 1. The van der Waals surface area contributed by atoms with Crippen molar-refractivity contribution in [2.75, 3.05) is 11.5 Å². The molecular weight excluding hydrogens is 310 g/mol. The Kier molecular flexibility index (Phi) is 3.97. The predicted molar refractivity (Wildman–Crippen MR) is 82.1 cm³/mol. The molecule has 1 saturated carbocycles. The van der Waals surface area contributed by atoms with Crippen LogP contribution in [0.25, 0.3) is 0 Å². The van der Waals surface area contributed by atoms with E-state index in [0.29, 0.717) is 17.9 Å². The van der Waals surface area contributed by atoms with E-state index in [1.54, 1.807) is 0 Å². The number of halogens is 1. The van der Waals surface area contributed by atoms with Crippen LogP contribution < -0.4 is 5.32 Å². The van der Waals surface area contributed by atoms with Crippen molar-refractivity contribution in [1.82, 2.24) is 5.32 Å². The minimum atomic E-state index is -2.88. The summed E-state index contributed by atoms with van der Waals surface area (Å²) < 4.78 is 22.7. The average molecular weight is 328 g/mol. The van der Waals surface area contributed by atoms with Gasteiger partial charge in [0.2, 0.25) is 5.91 Å². The van der Waals surface area contributed by atoms with Gasteiger partial charge in [0.1, 0.15) is 9.84 Å². The molecule has 21 heavy (non-hydrogen) atoms. The second kappa shape index (κ2) is 5.61. The van der Waals surface area contributed by atoms with Crippen LogP contribution in [0.3, 0.4) is 0 Å². The van der Waals surface area contributed by atoms with E-state index < -0.39 is 9.84 Å². The molecule has 2 atom stereocenters. The molecule has 4 nitrogen and oxygen atoms in total. The van der Waals surface area contributed by atoms with Gasteiger partial charge in [-0.05, 0) is 42.9 Å². The van der Waals surface area contributed by atoms with Crippen molar-refractivity contribution >= 4 is 27.3 Å². The standard InChI is InChI=1S/C15H18ClNO3S/c16-11-3-1-10(2-4-11)13-9-14(13)15(18)17-12-5-7-21(19,20)8-6-12/h1-4,12-14H,5-9H2,(H,17,18). The molecule has 0 spiro atoms. The van der Waals surface area contributed by atoms with Crippen LogP contribution in [0, 0.1) is 5.92 Å². The Morgan fingerprint density at radius 1 is 1.14 bits per heavy atom. The Morgan fingerprint density at radius 2 is 1.76 bits per heavy atom. The van der Waals surface area contributed by atoms with Crippen molar-refractivity contribution in [2.24, 2.45) is 5.92 Å². The summed E-state index contributed by atoms with van der Waals surface area (Å²) in [6, 6.07) is 7.63. The molecule has 1 amide bonds. The highest BCUT2D eigenvalue weighted by atomic mass is 35.5. The van der Waals surface area contributed by atoms with Crippen LogP contribution in [-0.4, -0.2) is 31.9 Å². The summed E-state index contributed by atoms with van der Waals surface area (Å²) in [6.45, 7) is 0. The third kappa shape index (κ3) is 3.58. The van der Waals surface area contributed by atoms with Crippen LogP contribution >= 0.6 is 11.6 Å². The summed E-state index contributed by atoms with van der Waals surface area (Å²) in [5.41, 5.74) is 1.14. The van der Waals surface area contributed by atoms with E-state index in [-0.39, 0.29) is 35.3 Å². The monoisotopic (exact) mass is 327 g/mol. The van der Waals surface area contributed by atoms with E-state index in [4.69, 9.17) is 11.6 Å². The first kappa shape index (κ1) is 14.9. The van der Waals surface area contributed by atoms with Crippen LogP contribution in [0.15, 0.2) is 24.3 Å². The number of sulfone groups is 1. The Morgan fingerprint density at radius 3 is 2.38 bits per heavy atom. The summed E-state index contributed by atoms with van der Waals surface area (Å²) in [7, 11) is -2.88. The summed E-state index contributed by atoms with van der Waals surface area (Å²) in [5.74, 6) is 0.713. The molecule has 1 aromatic carbocycles. The molecule has 0 aromatic heterocycles. The van der Waals surface area contributed by atoms with Gasteiger partial charge in [0.05, 0.1) is 11.5 Å². The van der Waals surface area contributed by atoms with Gasteiger partial charge in [-0.1, -0.05) is 23.7 Å². The Labute approximate surface area is 129 Å². The highest BCUT2D eigenvalue weighted by Gasteiger charge is 2.44. The van der Waals surface area contributed by atoms with E-state index >= 15 is 0 Å². The lowest BCUT2D eigenvalue weighted by Gasteiger charge is -2.23. The smallest absolute Gasteiger partial charge is 0.223 e. The van der Waals surface area contributed by atoms with Crippen LogP contribution in [0.1, 0.15) is 30.7 Å². The van der Waals surface area contributed by atoms with E-state index in [2.05, 4.69) is 5.32 Å². The molecule has 2 unspecified atom stereocenters. The van der Waals surface area contributed by atoms with Gasteiger partial charge in [-0.25, -0.2) is 8.42 Å². The second-order valence-corrected chi connectivity index (χ2v) is 8.67. The highest BCUT2D eigenvalue weighted by Crippen LogP contribution is 2.47. The fraction of sp³-hybridized carbons (Fsp3) is 0.533. The third-order valence-corrected chi connectivity index (χ3v) is 6.29. The maximum Gasteiger partial charge on any atom is 0.223 e. The quantitative estimate of drug-likeness (QED) is 0.925. The van der Waals surface area contributed by atoms with Crippen LogP contribution in [0.5, 0.6) is 0 Å². The maximum atomic E-state index is 12.2. The SMILES string of the molecule is O=C(NC1CCS(=O)(=O)CC1)C1CC1c1ccc(Cl)cc1. The minimum Gasteiger partial charge on any atom is -0.353 e. The van der Waals surface area contributed by atoms with E-state index in [0.717, 1.165) is 12.0 Å². The van der Waals surface area contributed by atoms with Crippen molar-refractivity contribution in [3.8, 4) is 0 Å². The van der Waals surface area contributed by atoms with Gasteiger partial charge < -0.3 is 5.32 Å². The molecule has 0 radical (unpaired) electrons. The van der Waals surface area contributed by atoms with Gasteiger partial charge in [-0.3, -0.25) is 4.79 Å². The van der Waals surface area contributed by atoms with Crippen molar-refractivity contribution < 1.29 is 13.2 Å². The van der Waals surface area contributed by atoms with E-state index in [1.165, 1.54) is 0 Å². The van der Waals surface area contributed by atoms with Gasteiger partial charge >= 0.3 is 0 Å². The summed E-state index contributed by atoms with van der Waals surface area (Å²) in [4.78, 5) is 12.2. The Balaban J connectivity index is 1.53. The molecule has 3 rings (SSSR count). The Hall–Kier alpha value is -1.07. The molecule has 114 valence electrons. The zero-order chi connectivity index (χ0) is 15.0. The Bertz CT molecular complexity index is 627. The van der Waals surface area contributed by atoms with Crippen molar-refractivity contribution in [3.05, 3.63) is 34.9 Å². The highest BCUT2D eigenvalue weighted by molar-refractivity contribution is 7.91. The summed E-state index contributed by atoms with van der Waals surface area (Å²) in [6.07, 6.45) is 1.93. The molecule has 0 bridgehead atoms. The lowest BCUT2D eigenvalue weighted by molar-refractivity contribution is -0.123. The lowest BCUT2D eigenvalue weighted by Crippen LogP contribution is -2.41. The van der Waals surface area contributed by atoms with Gasteiger partial charge in [-0.2, -0.15) is 0 Å². The molecule has 6 heteroatoms. The second-order valence-electron chi connectivity index (χ2n) is 5.93. The summed E-state index contributed by atoms with van der Waals surface area (Å²) >= 11 is 5.86. The van der Waals surface area contributed by atoms with Crippen molar-refractivity contribution in [1.29, 1.82) is 0 Å². The average Bonchev–Trinajstić information content (AvgIpc) is 3.22. The largest absolute Gasteiger partial charge is 0.353 e. The number of hydrogen-bond acceptors (Lipinski definition) is 3. The molecular formula is C15H18ClNO3S. The first-order valence-corrected chi connectivity index (χ1v) is 9.41. The zero-order valence-electron chi connectivity index (χ0n) is 11.6. The maximum absolute atomic E-state index is 12.2. The van der Waals surface area contributed by atoms with E-state index in [1.807, 2.05) is 24.3 Å². The molecule has 1 N–H and O–H groups in total. The fourth-order valence-electron chi connectivity index (χ4n) is 2.91. The number of benzene rings is 1. The topological polar surface area (TPSA) is 63.2 Å². The minimum absolute atomic E-state index is 0.00694. The molecule has 1 aromatic rings. The van der Waals surface area contributed by atoms with Gasteiger partial charge in [0.25, 0.3) is 0 Å². The molecule has 2 fully saturated rings. The number of carbonyl (C=O) groups is 1. The first-order valence-electron chi connectivity index (χ1n) is 7.21. The molecule has 2 aliphatic rings. The van der Waals surface area contributed by atoms with Crippen molar-refractivity contribution in [2.45, 2.75) is 31.2 Å². The molecule has 1 heterocycles. The number of carbonyl (C=O) groups excluding carboxylic acids is 1. The van der Waals surface area contributed by atoms with Gasteiger partial charge in [0, 0.05) is 17.0 Å². The van der Waals surface area contributed by atoms with Crippen LogP contribution in [-0.2, 0) is 14.6 Å². The predicted octanol–water partition coefficient (Wildman–Crippen LogP) is 2.14. The normalized spacial score (nSPS) is 28.0. The van der Waals surface area contributed by atoms with Crippen LogP contribution in [0.4, 0.5) is 0 Å². The zero-order valence-corrected chi connectivity index (χ0v) is 13.2. The first-order chi connectivity index (χ1) is 9.94. The van der Waals surface area contributed by atoms with Crippen LogP contribution in [0.2, 0.25) is 5.02 Å². The summed E-state index contributed by atoms with van der Waals surface area (Å²) in [5, 5.41) is 3.70. The third-order valence-electron chi connectivity index (χ3n) is 4.33.